The van der Waals surface area contributed by atoms with E-state index in [-0.39, 0.29) is 0 Å². The molecule has 2 unspecified atom stereocenters. The van der Waals surface area contributed by atoms with Crippen LogP contribution in [-0.4, -0.2) is 0 Å². The highest BCUT2D eigenvalue weighted by molar-refractivity contribution is 5.06. The van der Waals surface area contributed by atoms with Gasteiger partial charge in [0.2, 0.25) is 0 Å². The van der Waals surface area contributed by atoms with Crippen LogP contribution in [0.2, 0.25) is 0 Å². The zero-order valence-corrected chi connectivity index (χ0v) is 10.2. The van der Waals surface area contributed by atoms with Crippen LogP contribution in [0.25, 0.3) is 0 Å². The largest absolute Gasteiger partial charge is 0.0825 e. The van der Waals surface area contributed by atoms with Gasteiger partial charge in [0, 0.05) is 0 Å². The molecular formula is C13H26. The Morgan fingerprint density at radius 3 is 2.23 bits per heavy atom. The van der Waals surface area contributed by atoms with Gasteiger partial charge >= 0.3 is 0 Å². The maximum absolute atomic E-state index is 2.45. The highest BCUT2D eigenvalue weighted by Crippen LogP contribution is 2.33. The summed E-state index contributed by atoms with van der Waals surface area (Å²) in [6.45, 7) is 13.3. The maximum atomic E-state index is 2.45. The lowest BCUT2D eigenvalue weighted by Gasteiger charge is -2.29. The van der Waals surface area contributed by atoms with Gasteiger partial charge in [0.15, 0.2) is 0 Å². The van der Waals surface area contributed by atoms with Crippen molar-refractivity contribution in [3.63, 3.8) is 0 Å². The van der Waals surface area contributed by atoms with Crippen LogP contribution in [0.4, 0.5) is 0 Å². The fraction of sp³-hybridized carbons (Fsp3) is 0.846. The van der Waals surface area contributed by atoms with Gasteiger partial charge in [-0.3, -0.25) is 0 Å². The molecule has 0 radical (unpaired) electrons. The number of allylic oxidation sites excluding steroid dienone is 2. The molecule has 0 aromatic rings. The summed E-state index contributed by atoms with van der Waals surface area (Å²) >= 11 is 0. The first-order valence-electron chi connectivity index (χ1n) is 5.78. The molecule has 0 saturated heterocycles. The zero-order valence-electron chi connectivity index (χ0n) is 10.2. The molecule has 0 nitrogen and oxygen atoms in total. The van der Waals surface area contributed by atoms with Crippen molar-refractivity contribution in [2.24, 2.45) is 17.8 Å². The summed E-state index contributed by atoms with van der Waals surface area (Å²) in [6.07, 6.45) is 5.18. The van der Waals surface area contributed by atoms with Gasteiger partial charge in [-0.1, -0.05) is 46.3 Å². The minimum atomic E-state index is 0.809. The molecule has 78 valence electrons. The number of rotatable bonds is 1. The summed E-state index contributed by atoms with van der Waals surface area (Å²) in [5, 5.41) is 0. The minimum Gasteiger partial charge on any atom is -0.0825 e. The fourth-order valence-electron chi connectivity index (χ4n) is 2.25. The highest BCUT2D eigenvalue weighted by atomic mass is 14.3. The van der Waals surface area contributed by atoms with Gasteiger partial charge in [-0.15, -0.1) is 0 Å². The normalized spacial score (nSPS) is 27.8. The molecule has 0 fully saturated rings. The standard InChI is InChI=1S/C11H20.C2H6/c1-8(2)11-6-5-9(3)7-10(11)4;1-2/h7-8,10-11H,5-6H2,1-4H3;1-2H3. The molecule has 0 heterocycles. The number of hydrogen-bond acceptors (Lipinski definition) is 0. The van der Waals surface area contributed by atoms with Gasteiger partial charge < -0.3 is 0 Å². The lowest BCUT2D eigenvalue weighted by atomic mass is 9.76. The van der Waals surface area contributed by atoms with Crippen LogP contribution in [0.3, 0.4) is 0 Å². The van der Waals surface area contributed by atoms with Crippen LogP contribution in [-0.2, 0) is 0 Å². The van der Waals surface area contributed by atoms with Crippen molar-refractivity contribution in [3.05, 3.63) is 11.6 Å². The van der Waals surface area contributed by atoms with Crippen LogP contribution >= 0.6 is 0 Å². The second-order valence-corrected chi connectivity index (χ2v) is 4.32. The third-order valence-corrected chi connectivity index (χ3v) is 2.95. The second-order valence-electron chi connectivity index (χ2n) is 4.32. The Balaban J connectivity index is 0.000000671. The highest BCUT2D eigenvalue weighted by Gasteiger charge is 2.22. The Kier molecular flexibility index (Phi) is 6.11. The molecule has 1 aliphatic carbocycles. The van der Waals surface area contributed by atoms with Crippen LogP contribution < -0.4 is 0 Å². The third-order valence-electron chi connectivity index (χ3n) is 2.95. The molecular weight excluding hydrogens is 156 g/mol. The molecule has 0 aromatic heterocycles. The Labute approximate surface area is 84.4 Å². The van der Waals surface area contributed by atoms with Crippen LogP contribution in [0.5, 0.6) is 0 Å². The first-order chi connectivity index (χ1) is 6.11. The van der Waals surface area contributed by atoms with E-state index in [1.165, 1.54) is 12.8 Å². The van der Waals surface area contributed by atoms with Crippen molar-refractivity contribution in [2.75, 3.05) is 0 Å². The summed E-state index contributed by atoms with van der Waals surface area (Å²) in [6, 6.07) is 0. The zero-order chi connectivity index (χ0) is 10.4. The average molecular weight is 182 g/mol. The Morgan fingerprint density at radius 1 is 1.31 bits per heavy atom. The van der Waals surface area contributed by atoms with E-state index in [1.807, 2.05) is 13.8 Å². The van der Waals surface area contributed by atoms with E-state index in [9.17, 15) is 0 Å². The van der Waals surface area contributed by atoms with Gasteiger partial charge in [0.05, 0.1) is 0 Å². The Hall–Kier alpha value is -0.260. The van der Waals surface area contributed by atoms with Crippen molar-refractivity contribution < 1.29 is 0 Å². The molecule has 13 heavy (non-hydrogen) atoms. The average Bonchev–Trinajstić information content (AvgIpc) is 2.07. The molecule has 0 spiro atoms. The molecule has 0 bridgehead atoms. The van der Waals surface area contributed by atoms with E-state index in [0.29, 0.717) is 0 Å². The van der Waals surface area contributed by atoms with E-state index in [2.05, 4.69) is 33.8 Å². The van der Waals surface area contributed by atoms with Crippen molar-refractivity contribution >= 4 is 0 Å². The molecule has 1 aliphatic rings. The second kappa shape index (κ2) is 6.23. The minimum absolute atomic E-state index is 0.809. The summed E-state index contributed by atoms with van der Waals surface area (Å²) in [5.41, 5.74) is 1.59. The smallest absolute Gasteiger partial charge is 0.0228 e. The van der Waals surface area contributed by atoms with E-state index in [1.54, 1.807) is 5.57 Å². The van der Waals surface area contributed by atoms with E-state index in [4.69, 9.17) is 0 Å². The Bertz CT molecular complexity index is 153. The lowest BCUT2D eigenvalue weighted by molar-refractivity contribution is 0.278. The first-order valence-corrected chi connectivity index (χ1v) is 5.78. The van der Waals surface area contributed by atoms with Gasteiger partial charge in [0.25, 0.3) is 0 Å². The maximum Gasteiger partial charge on any atom is -0.0228 e. The molecule has 0 N–H and O–H groups in total. The molecule has 0 saturated carbocycles. The molecule has 0 aromatic carbocycles. The van der Waals surface area contributed by atoms with E-state index in [0.717, 1.165) is 17.8 Å². The quantitative estimate of drug-likeness (QED) is 0.517. The number of hydrogen-bond donors (Lipinski definition) is 0. The van der Waals surface area contributed by atoms with Crippen LogP contribution in [0.15, 0.2) is 11.6 Å². The predicted molar refractivity (Wildman–Crippen MR) is 61.8 cm³/mol. The van der Waals surface area contributed by atoms with Gasteiger partial charge in [0.1, 0.15) is 0 Å². The molecule has 2 atom stereocenters. The predicted octanol–water partition coefficient (Wildman–Crippen LogP) is 4.66. The van der Waals surface area contributed by atoms with Gasteiger partial charge in [-0.05, 0) is 37.5 Å². The summed E-state index contributed by atoms with van der Waals surface area (Å²) in [4.78, 5) is 0. The lowest BCUT2D eigenvalue weighted by Crippen LogP contribution is -2.19. The third kappa shape index (κ3) is 3.97. The van der Waals surface area contributed by atoms with Gasteiger partial charge in [-0.25, -0.2) is 0 Å². The van der Waals surface area contributed by atoms with Crippen molar-refractivity contribution in [1.29, 1.82) is 0 Å². The summed E-state index contributed by atoms with van der Waals surface area (Å²) in [5.74, 6) is 2.59. The van der Waals surface area contributed by atoms with Crippen LogP contribution in [0.1, 0.15) is 54.4 Å². The van der Waals surface area contributed by atoms with Gasteiger partial charge in [-0.2, -0.15) is 0 Å². The summed E-state index contributed by atoms with van der Waals surface area (Å²) in [7, 11) is 0. The molecule has 0 amide bonds. The van der Waals surface area contributed by atoms with Crippen LogP contribution in [0, 0.1) is 17.8 Å². The van der Waals surface area contributed by atoms with Crippen molar-refractivity contribution in [2.45, 2.75) is 54.4 Å². The molecule has 0 heteroatoms. The van der Waals surface area contributed by atoms with E-state index < -0.39 is 0 Å². The molecule has 1 rings (SSSR count). The van der Waals surface area contributed by atoms with E-state index >= 15 is 0 Å². The molecule has 0 aliphatic heterocycles. The topological polar surface area (TPSA) is 0 Å². The van der Waals surface area contributed by atoms with Crippen molar-refractivity contribution in [1.82, 2.24) is 0 Å². The van der Waals surface area contributed by atoms with Crippen molar-refractivity contribution in [3.8, 4) is 0 Å². The SMILES string of the molecule is CC.CC1=CC(C)C(C(C)C)CC1. The first kappa shape index (κ1) is 12.7. The monoisotopic (exact) mass is 182 g/mol. The summed E-state index contributed by atoms with van der Waals surface area (Å²) < 4.78 is 0. The Morgan fingerprint density at radius 2 is 1.85 bits per heavy atom. The fourth-order valence-corrected chi connectivity index (χ4v) is 2.25.